The maximum atomic E-state index is 9.63. The van der Waals surface area contributed by atoms with E-state index in [1.54, 1.807) is 0 Å². The molecule has 0 radical (unpaired) electrons. The molecule has 2 N–H and O–H groups in total. The Balaban J connectivity index is 1.56. The van der Waals surface area contributed by atoms with Crippen LogP contribution in [-0.2, 0) is 6.54 Å². The van der Waals surface area contributed by atoms with E-state index in [0.29, 0.717) is 6.04 Å². The third kappa shape index (κ3) is 4.37. The predicted octanol–water partition coefficient (Wildman–Crippen LogP) is 3.81. The smallest absolute Gasteiger partial charge is 0.0574 e. The molecular formula is C21H28N2O. The summed E-state index contributed by atoms with van der Waals surface area (Å²) in [5.74, 6) is 0. The first kappa shape index (κ1) is 17.0. The van der Waals surface area contributed by atoms with E-state index in [0.717, 1.165) is 32.5 Å². The summed E-state index contributed by atoms with van der Waals surface area (Å²) >= 11 is 0. The van der Waals surface area contributed by atoms with Gasteiger partial charge in [0.2, 0.25) is 0 Å². The number of aliphatic hydroxyl groups is 1. The van der Waals surface area contributed by atoms with E-state index < -0.39 is 0 Å². The lowest BCUT2D eigenvalue weighted by Crippen LogP contribution is -2.35. The van der Waals surface area contributed by atoms with Crippen molar-refractivity contribution in [2.45, 2.75) is 45.4 Å². The quantitative estimate of drug-likeness (QED) is 0.878. The van der Waals surface area contributed by atoms with Gasteiger partial charge in [-0.15, -0.1) is 0 Å². The van der Waals surface area contributed by atoms with Crippen LogP contribution in [0.1, 0.15) is 42.5 Å². The number of benzene rings is 2. The van der Waals surface area contributed by atoms with Gasteiger partial charge in [-0.1, -0.05) is 42.0 Å². The summed E-state index contributed by atoms with van der Waals surface area (Å²) in [7, 11) is 0. The molecule has 1 heterocycles. The van der Waals surface area contributed by atoms with E-state index in [1.165, 1.54) is 22.4 Å². The Labute approximate surface area is 145 Å². The third-order valence-corrected chi connectivity index (χ3v) is 4.92. The first-order chi connectivity index (χ1) is 11.6. The van der Waals surface area contributed by atoms with Crippen LogP contribution in [0.25, 0.3) is 0 Å². The number of nitrogens with zero attached hydrogens (tertiary/aromatic N) is 1. The standard InChI is InChI=1S/C21H28N2O/c1-16-4-3-5-18(14-16)15-22-17(2)19-6-8-20(9-7-19)23-12-10-21(24)11-13-23/h3-9,14,17,21-22,24H,10-13,15H2,1-2H3. The summed E-state index contributed by atoms with van der Waals surface area (Å²) in [4.78, 5) is 2.36. The summed E-state index contributed by atoms with van der Waals surface area (Å²) in [6, 6.07) is 17.8. The fraction of sp³-hybridized carbons (Fsp3) is 0.429. The number of aliphatic hydroxyl groups excluding tert-OH is 1. The van der Waals surface area contributed by atoms with Crippen molar-refractivity contribution in [2.75, 3.05) is 18.0 Å². The Kier molecular flexibility index (Phi) is 5.54. The summed E-state index contributed by atoms with van der Waals surface area (Å²) in [5, 5.41) is 13.2. The summed E-state index contributed by atoms with van der Waals surface area (Å²) in [6.45, 7) is 7.12. The Morgan fingerprint density at radius 2 is 1.83 bits per heavy atom. The van der Waals surface area contributed by atoms with E-state index in [9.17, 15) is 5.11 Å². The zero-order valence-electron chi connectivity index (χ0n) is 14.7. The minimum atomic E-state index is -0.119. The SMILES string of the molecule is Cc1cccc(CNC(C)c2ccc(N3CCC(O)CC3)cc2)c1. The Bertz CT molecular complexity index is 645. The maximum absolute atomic E-state index is 9.63. The van der Waals surface area contributed by atoms with E-state index in [-0.39, 0.29) is 6.10 Å². The average molecular weight is 324 g/mol. The lowest BCUT2D eigenvalue weighted by molar-refractivity contribution is 0.145. The van der Waals surface area contributed by atoms with Crippen molar-refractivity contribution in [3.05, 3.63) is 65.2 Å². The third-order valence-electron chi connectivity index (χ3n) is 4.92. The van der Waals surface area contributed by atoms with Gasteiger partial charge in [0.1, 0.15) is 0 Å². The van der Waals surface area contributed by atoms with Crippen LogP contribution in [0.4, 0.5) is 5.69 Å². The Hall–Kier alpha value is -1.84. The number of nitrogens with one attached hydrogen (secondary N) is 1. The molecule has 2 aromatic carbocycles. The number of aryl methyl sites for hydroxylation is 1. The topological polar surface area (TPSA) is 35.5 Å². The number of anilines is 1. The van der Waals surface area contributed by atoms with E-state index in [4.69, 9.17) is 0 Å². The Morgan fingerprint density at radius 1 is 1.12 bits per heavy atom. The molecule has 3 heteroatoms. The first-order valence-corrected chi connectivity index (χ1v) is 8.94. The van der Waals surface area contributed by atoms with Gasteiger partial charge in [0.05, 0.1) is 6.10 Å². The zero-order valence-corrected chi connectivity index (χ0v) is 14.7. The van der Waals surface area contributed by atoms with Gasteiger partial charge < -0.3 is 15.3 Å². The molecule has 3 nitrogen and oxygen atoms in total. The van der Waals surface area contributed by atoms with Crippen molar-refractivity contribution < 1.29 is 5.11 Å². The van der Waals surface area contributed by atoms with Crippen LogP contribution in [0, 0.1) is 6.92 Å². The van der Waals surface area contributed by atoms with Crippen molar-refractivity contribution in [1.82, 2.24) is 5.32 Å². The normalized spacial score (nSPS) is 17.0. The van der Waals surface area contributed by atoms with Crippen LogP contribution in [-0.4, -0.2) is 24.3 Å². The lowest BCUT2D eigenvalue weighted by atomic mass is 10.0. The van der Waals surface area contributed by atoms with Gasteiger partial charge in [0.25, 0.3) is 0 Å². The van der Waals surface area contributed by atoms with Crippen LogP contribution < -0.4 is 10.2 Å². The molecule has 1 saturated heterocycles. The highest BCUT2D eigenvalue weighted by atomic mass is 16.3. The molecule has 1 aliphatic rings. The molecule has 0 amide bonds. The molecular weight excluding hydrogens is 296 g/mol. The molecule has 2 aromatic rings. The largest absolute Gasteiger partial charge is 0.393 e. The Morgan fingerprint density at radius 3 is 2.50 bits per heavy atom. The highest BCUT2D eigenvalue weighted by Gasteiger charge is 2.17. The summed E-state index contributed by atoms with van der Waals surface area (Å²) in [5.41, 5.74) is 5.20. The van der Waals surface area contributed by atoms with Gasteiger partial charge in [-0.3, -0.25) is 0 Å². The molecule has 0 aromatic heterocycles. The molecule has 24 heavy (non-hydrogen) atoms. The lowest BCUT2D eigenvalue weighted by Gasteiger charge is -2.31. The number of hydrogen-bond acceptors (Lipinski definition) is 3. The van der Waals surface area contributed by atoms with Gasteiger partial charge in [-0.25, -0.2) is 0 Å². The van der Waals surface area contributed by atoms with Crippen LogP contribution in [0.2, 0.25) is 0 Å². The molecule has 128 valence electrons. The highest BCUT2D eigenvalue weighted by molar-refractivity contribution is 5.48. The van der Waals surface area contributed by atoms with Gasteiger partial charge in [-0.2, -0.15) is 0 Å². The van der Waals surface area contributed by atoms with Crippen molar-refractivity contribution in [3.8, 4) is 0 Å². The minimum absolute atomic E-state index is 0.119. The van der Waals surface area contributed by atoms with Gasteiger partial charge in [-0.05, 0) is 49.9 Å². The van der Waals surface area contributed by atoms with Crippen LogP contribution in [0.15, 0.2) is 48.5 Å². The second-order valence-corrected chi connectivity index (χ2v) is 6.90. The van der Waals surface area contributed by atoms with E-state index in [2.05, 4.69) is 72.6 Å². The average Bonchev–Trinajstić information content (AvgIpc) is 2.61. The fourth-order valence-corrected chi connectivity index (χ4v) is 3.31. The molecule has 0 spiro atoms. The molecule has 0 bridgehead atoms. The molecule has 1 aliphatic heterocycles. The van der Waals surface area contributed by atoms with Crippen LogP contribution >= 0.6 is 0 Å². The molecule has 0 aliphatic carbocycles. The molecule has 1 atom stereocenters. The first-order valence-electron chi connectivity index (χ1n) is 8.94. The molecule has 1 fully saturated rings. The fourth-order valence-electron chi connectivity index (χ4n) is 3.31. The van der Waals surface area contributed by atoms with Crippen molar-refractivity contribution in [2.24, 2.45) is 0 Å². The second-order valence-electron chi connectivity index (χ2n) is 6.90. The number of hydrogen-bond donors (Lipinski definition) is 2. The minimum Gasteiger partial charge on any atom is -0.393 e. The van der Waals surface area contributed by atoms with Gasteiger partial charge >= 0.3 is 0 Å². The summed E-state index contributed by atoms with van der Waals surface area (Å²) < 4.78 is 0. The number of rotatable bonds is 5. The van der Waals surface area contributed by atoms with Crippen LogP contribution in [0.3, 0.4) is 0 Å². The zero-order chi connectivity index (χ0) is 16.9. The number of piperidine rings is 1. The predicted molar refractivity (Wildman–Crippen MR) is 100 cm³/mol. The molecule has 0 saturated carbocycles. The monoisotopic (exact) mass is 324 g/mol. The van der Waals surface area contributed by atoms with Crippen molar-refractivity contribution >= 4 is 5.69 Å². The summed E-state index contributed by atoms with van der Waals surface area (Å²) in [6.07, 6.45) is 1.62. The van der Waals surface area contributed by atoms with E-state index in [1.807, 2.05) is 0 Å². The van der Waals surface area contributed by atoms with Gasteiger partial charge in [0.15, 0.2) is 0 Å². The molecule has 1 unspecified atom stereocenters. The van der Waals surface area contributed by atoms with Crippen LogP contribution in [0.5, 0.6) is 0 Å². The maximum Gasteiger partial charge on any atom is 0.0574 e. The van der Waals surface area contributed by atoms with Crippen molar-refractivity contribution in [1.29, 1.82) is 0 Å². The second kappa shape index (κ2) is 7.82. The van der Waals surface area contributed by atoms with Gasteiger partial charge in [0, 0.05) is 31.4 Å². The highest BCUT2D eigenvalue weighted by Crippen LogP contribution is 2.22. The van der Waals surface area contributed by atoms with E-state index >= 15 is 0 Å². The van der Waals surface area contributed by atoms with Crippen molar-refractivity contribution in [3.63, 3.8) is 0 Å². The molecule has 3 rings (SSSR count).